The first-order valence-corrected chi connectivity index (χ1v) is 6.05. The van der Waals surface area contributed by atoms with Crippen LogP contribution in [0.2, 0.25) is 0 Å². The lowest BCUT2D eigenvalue weighted by atomic mass is 10.0. The molecule has 0 N–H and O–H groups in total. The minimum atomic E-state index is 0.447. The van der Waals surface area contributed by atoms with E-state index < -0.39 is 0 Å². The van der Waals surface area contributed by atoms with E-state index >= 15 is 0 Å². The molecule has 1 aromatic heterocycles. The number of aromatic nitrogens is 2. The molecule has 0 amide bonds. The number of carbonyl (C=O) groups excluding carboxylic acids is 1. The molecule has 1 aliphatic carbocycles. The van der Waals surface area contributed by atoms with Crippen LogP contribution in [-0.2, 0) is 12.8 Å². The lowest BCUT2D eigenvalue weighted by molar-refractivity contribution is 0.111. The van der Waals surface area contributed by atoms with Crippen LogP contribution in [0.1, 0.15) is 28.0 Å². The molecular formula is C12H10N2OS. The van der Waals surface area contributed by atoms with Gasteiger partial charge in [-0.3, -0.25) is 4.79 Å². The van der Waals surface area contributed by atoms with Crippen molar-refractivity contribution in [2.24, 2.45) is 0 Å². The molecule has 3 nitrogen and oxygen atoms in total. The summed E-state index contributed by atoms with van der Waals surface area (Å²) in [5.74, 6) is 0. The van der Waals surface area contributed by atoms with E-state index in [2.05, 4.69) is 27.8 Å². The number of fused-ring (bicyclic) bond motifs is 1. The van der Waals surface area contributed by atoms with Crippen LogP contribution in [0.4, 0.5) is 0 Å². The first kappa shape index (κ1) is 9.66. The van der Waals surface area contributed by atoms with Crippen molar-refractivity contribution < 1.29 is 4.79 Å². The summed E-state index contributed by atoms with van der Waals surface area (Å²) in [6, 6.07) is 6.39. The van der Waals surface area contributed by atoms with Crippen LogP contribution in [0.3, 0.4) is 0 Å². The van der Waals surface area contributed by atoms with Gasteiger partial charge in [0.2, 0.25) is 0 Å². The molecule has 2 aromatic rings. The van der Waals surface area contributed by atoms with Crippen molar-refractivity contribution in [3.05, 3.63) is 35.0 Å². The summed E-state index contributed by atoms with van der Waals surface area (Å²) in [5.41, 5.74) is 4.36. The maximum absolute atomic E-state index is 10.8. The first-order chi connectivity index (χ1) is 7.88. The SMILES string of the molecule is O=Cc1nnsc1-c1ccc2c(c1)CCC2. The van der Waals surface area contributed by atoms with Gasteiger partial charge in [0.05, 0.1) is 4.88 Å². The second-order valence-corrected chi connectivity index (χ2v) is 4.70. The molecule has 0 fully saturated rings. The fourth-order valence-corrected chi connectivity index (χ4v) is 2.81. The smallest absolute Gasteiger partial charge is 0.171 e. The molecule has 4 heteroatoms. The molecule has 0 saturated heterocycles. The van der Waals surface area contributed by atoms with E-state index in [9.17, 15) is 4.79 Å². The summed E-state index contributed by atoms with van der Waals surface area (Å²) in [6.07, 6.45) is 4.33. The van der Waals surface area contributed by atoms with Crippen LogP contribution in [0.25, 0.3) is 10.4 Å². The Labute approximate surface area is 97.3 Å². The van der Waals surface area contributed by atoms with Crippen LogP contribution < -0.4 is 0 Å². The lowest BCUT2D eigenvalue weighted by Crippen LogP contribution is -1.87. The van der Waals surface area contributed by atoms with E-state index in [0.29, 0.717) is 5.69 Å². The van der Waals surface area contributed by atoms with Gasteiger partial charge in [0.25, 0.3) is 0 Å². The Morgan fingerprint density at radius 1 is 1.25 bits per heavy atom. The van der Waals surface area contributed by atoms with E-state index in [0.717, 1.165) is 23.1 Å². The monoisotopic (exact) mass is 230 g/mol. The highest BCUT2D eigenvalue weighted by Crippen LogP contribution is 2.30. The molecule has 0 unspecified atom stereocenters. The lowest BCUT2D eigenvalue weighted by Gasteiger charge is -2.02. The molecule has 16 heavy (non-hydrogen) atoms. The number of hydrogen-bond donors (Lipinski definition) is 0. The van der Waals surface area contributed by atoms with Gasteiger partial charge in [0.15, 0.2) is 6.29 Å². The number of aryl methyl sites for hydroxylation is 2. The summed E-state index contributed by atoms with van der Waals surface area (Å²) >= 11 is 1.28. The molecule has 1 heterocycles. The molecule has 80 valence electrons. The van der Waals surface area contributed by atoms with Crippen molar-refractivity contribution in [1.82, 2.24) is 9.59 Å². The average Bonchev–Trinajstić information content (AvgIpc) is 2.96. The van der Waals surface area contributed by atoms with Crippen molar-refractivity contribution in [3.8, 4) is 10.4 Å². The Hall–Kier alpha value is -1.55. The highest BCUT2D eigenvalue weighted by atomic mass is 32.1. The second-order valence-electron chi connectivity index (χ2n) is 3.94. The number of rotatable bonds is 2. The van der Waals surface area contributed by atoms with Crippen molar-refractivity contribution in [2.75, 3.05) is 0 Å². The van der Waals surface area contributed by atoms with Crippen molar-refractivity contribution in [2.45, 2.75) is 19.3 Å². The molecule has 3 rings (SSSR count). The van der Waals surface area contributed by atoms with Gasteiger partial charge in [-0.15, -0.1) is 5.10 Å². The average molecular weight is 230 g/mol. The standard InChI is InChI=1S/C12H10N2OS/c15-7-11-12(16-14-13-11)10-5-4-8-2-1-3-9(8)6-10/h4-7H,1-3H2. The highest BCUT2D eigenvalue weighted by Gasteiger charge is 2.14. The zero-order valence-corrected chi connectivity index (χ0v) is 9.46. The first-order valence-electron chi connectivity index (χ1n) is 5.28. The van der Waals surface area contributed by atoms with Crippen LogP contribution in [0.15, 0.2) is 18.2 Å². The second kappa shape index (κ2) is 3.79. The number of hydrogen-bond acceptors (Lipinski definition) is 4. The summed E-state index contributed by atoms with van der Waals surface area (Å²) in [4.78, 5) is 11.7. The van der Waals surface area contributed by atoms with Crippen LogP contribution in [0, 0.1) is 0 Å². The third-order valence-corrected chi connectivity index (χ3v) is 3.78. The van der Waals surface area contributed by atoms with E-state index in [1.165, 1.54) is 35.5 Å². The Bertz CT molecular complexity index is 548. The van der Waals surface area contributed by atoms with Gasteiger partial charge in [-0.2, -0.15) is 0 Å². The fraction of sp³-hybridized carbons (Fsp3) is 0.250. The summed E-state index contributed by atoms with van der Waals surface area (Å²) in [6.45, 7) is 0. The molecule has 0 atom stereocenters. The molecule has 1 aliphatic rings. The Kier molecular flexibility index (Phi) is 2.29. The zero-order valence-electron chi connectivity index (χ0n) is 8.64. The molecule has 0 spiro atoms. The molecule has 1 aromatic carbocycles. The van der Waals surface area contributed by atoms with Crippen molar-refractivity contribution >= 4 is 17.8 Å². The van der Waals surface area contributed by atoms with Gasteiger partial charge in [-0.1, -0.05) is 16.6 Å². The maximum atomic E-state index is 10.8. The van der Waals surface area contributed by atoms with Gasteiger partial charge in [-0.25, -0.2) is 0 Å². The van der Waals surface area contributed by atoms with Gasteiger partial charge >= 0.3 is 0 Å². The third-order valence-electron chi connectivity index (χ3n) is 2.99. The van der Waals surface area contributed by atoms with Gasteiger partial charge in [0.1, 0.15) is 5.69 Å². The quantitative estimate of drug-likeness (QED) is 0.744. The minimum absolute atomic E-state index is 0.447. The number of benzene rings is 1. The number of carbonyl (C=O) groups is 1. The van der Waals surface area contributed by atoms with Crippen LogP contribution in [-0.4, -0.2) is 15.9 Å². The van der Waals surface area contributed by atoms with Crippen LogP contribution >= 0.6 is 11.5 Å². The fourth-order valence-electron chi connectivity index (χ4n) is 2.19. The van der Waals surface area contributed by atoms with Crippen LogP contribution in [0.5, 0.6) is 0 Å². The molecule has 0 saturated carbocycles. The Morgan fingerprint density at radius 3 is 3.00 bits per heavy atom. The largest absolute Gasteiger partial charge is 0.296 e. The van der Waals surface area contributed by atoms with Gasteiger partial charge in [0, 0.05) is 0 Å². The van der Waals surface area contributed by atoms with E-state index in [4.69, 9.17) is 0 Å². The highest BCUT2D eigenvalue weighted by molar-refractivity contribution is 7.09. The minimum Gasteiger partial charge on any atom is -0.296 e. The normalized spacial score (nSPS) is 13.8. The summed E-state index contributed by atoms with van der Waals surface area (Å²) < 4.78 is 3.82. The maximum Gasteiger partial charge on any atom is 0.171 e. The van der Waals surface area contributed by atoms with Gasteiger partial charge < -0.3 is 0 Å². The van der Waals surface area contributed by atoms with Crippen molar-refractivity contribution in [1.29, 1.82) is 0 Å². The summed E-state index contributed by atoms with van der Waals surface area (Å²) in [5, 5.41) is 3.81. The third kappa shape index (κ3) is 1.46. The molecule has 0 bridgehead atoms. The molecule has 0 radical (unpaired) electrons. The Balaban J connectivity index is 2.10. The van der Waals surface area contributed by atoms with Crippen molar-refractivity contribution in [3.63, 3.8) is 0 Å². The topological polar surface area (TPSA) is 42.9 Å². The summed E-state index contributed by atoms with van der Waals surface area (Å²) in [7, 11) is 0. The molecule has 0 aliphatic heterocycles. The molecular weight excluding hydrogens is 220 g/mol. The van der Waals surface area contributed by atoms with E-state index in [1.807, 2.05) is 0 Å². The number of nitrogens with zero attached hydrogens (tertiary/aromatic N) is 2. The predicted octanol–water partition coefficient (Wildman–Crippen LogP) is 2.51. The number of aldehydes is 1. The van der Waals surface area contributed by atoms with Gasteiger partial charge in [-0.05, 0) is 53.6 Å². The zero-order chi connectivity index (χ0) is 11.0. The van der Waals surface area contributed by atoms with E-state index in [1.54, 1.807) is 0 Å². The van der Waals surface area contributed by atoms with E-state index in [-0.39, 0.29) is 0 Å². The predicted molar refractivity (Wildman–Crippen MR) is 62.8 cm³/mol. The Morgan fingerprint density at radius 2 is 2.12 bits per heavy atom.